The summed E-state index contributed by atoms with van der Waals surface area (Å²) in [6.45, 7) is 1.95. The van der Waals surface area contributed by atoms with E-state index < -0.39 is 5.91 Å². The summed E-state index contributed by atoms with van der Waals surface area (Å²) in [4.78, 5) is 19.3. The van der Waals surface area contributed by atoms with Crippen LogP contribution in [0.2, 0.25) is 0 Å². The van der Waals surface area contributed by atoms with Crippen molar-refractivity contribution in [1.82, 2.24) is 9.97 Å². The zero-order valence-corrected chi connectivity index (χ0v) is 10.5. The second-order valence-electron chi connectivity index (χ2n) is 4.15. The number of primary amides is 1. The smallest absolute Gasteiger partial charge is 0.271 e. The highest BCUT2D eigenvalue weighted by Crippen LogP contribution is 2.20. The summed E-state index contributed by atoms with van der Waals surface area (Å²) in [5.41, 5.74) is 12.7. The number of rotatable bonds is 4. The molecule has 5 N–H and O–H groups in total. The van der Waals surface area contributed by atoms with Gasteiger partial charge in [-0.2, -0.15) is 0 Å². The van der Waals surface area contributed by atoms with Crippen LogP contribution < -0.4 is 16.8 Å². The Kier molecular flexibility index (Phi) is 3.61. The minimum absolute atomic E-state index is 0.0459. The number of aromatic nitrogens is 2. The Morgan fingerprint density at radius 1 is 1.21 bits per heavy atom. The second-order valence-corrected chi connectivity index (χ2v) is 4.15. The number of carbonyl (C=O) groups excluding carboxylic acids is 1. The minimum atomic E-state index is -0.611. The molecule has 0 saturated heterocycles. The first-order chi connectivity index (χ1) is 9.08. The highest BCUT2D eigenvalue weighted by molar-refractivity contribution is 5.95. The first kappa shape index (κ1) is 12.8. The van der Waals surface area contributed by atoms with E-state index in [4.69, 9.17) is 11.5 Å². The number of hydrogen-bond donors (Lipinski definition) is 3. The summed E-state index contributed by atoms with van der Waals surface area (Å²) < 4.78 is 0. The predicted octanol–water partition coefficient (Wildman–Crippen LogP) is 1.33. The zero-order valence-electron chi connectivity index (χ0n) is 10.5. The lowest BCUT2D eigenvalue weighted by molar-refractivity contribution is 0.0996. The molecule has 0 radical (unpaired) electrons. The molecule has 0 aliphatic rings. The topological polar surface area (TPSA) is 107 Å². The van der Waals surface area contributed by atoms with Crippen molar-refractivity contribution >= 4 is 17.4 Å². The van der Waals surface area contributed by atoms with E-state index in [-0.39, 0.29) is 11.7 Å². The largest absolute Gasteiger partial charge is 0.399 e. The van der Waals surface area contributed by atoms with Gasteiger partial charge in [-0.05, 0) is 24.6 Å². The fourth-order valence-corrected chi connectivity index (χ4v) is 1.70. The lowest BCUT2D eigenvalue weighted by Crippen LogP contribution is -2.18. The van der Waals surface area contributed by atoms with Crippen LogP contribution in [-0.4, -0.2) is 15.9 Å². The fourth-order valence-electron chi connectivity index (χ4n) is 1.70. The molecule has 0 saturated carbocycles. The third kappa shape index (κ3) is 2.98. The van der Waals surface area contributed by atoms with Gasteiger partial charge in [0.2, 0.25) is 0 Å². The van der Waals surface area contributed by atoms with Crippen molar-refractivity contribution in [3.63, 3.8) is 0 Å². The van der Waals surface area contributed by atoms with Crippen LogP contribution in [0.1, 0.15) is 29.0 Å². The predicted molar refractivity (Wildman–Crippen MR) is 73.4 cm³/mol. The molecule has 1 atom stereocenters. The van der Waals surface area contributed by atoms with Crippen molar-refractivity contribution in [1.29, 1.82) is 0 Å². The number of amides is 1. The Bertz CT molecular complexity index is 582. The molecule has 0 spiro atoms. The van der Waals surface area contributed by atoms with Gasteiger partial charge in [-0.25, -0.2) is 9.97 Å². The number of nitrogens with one attached hydrogen (secondary N) is 1. The maximum absolute atomic E-state index is 11.2. The van der Waals surface area contributed by atoms with Crippen LogP contribution in [0.4, 0.5) is 11.5 Å². The van der Waals surface area contributed by atoms with Gasteiger partial charge in [0.1, 0.15) is 0 Å². The average molecular weight is 257 g/mol. The molecular formula is C13H15N5O. The number of anilines is 2. The summed E-state index contributed by atoms with van der Waals surface area (Å²) in [5, 5.41) is 3.11. The Morgan fingerprint density at radius 3 is 2.47 bits per heavy atom. The Hall–Kier alpha value is -2.63. The molecule has 0 aliphatic carbocycles. The van der Waals surface area contributed by atoms with Gasteiger partial charge in [-0.1, -0.05) is 12.1 Å². The molecular weight excluding hydrogens is 242 g/mol. The monoisotopic (exact) mass is 257 g/mol. The zero-order chi connectivity index (χ0) is 13.8. The fraction of sp³-hybridized carbons (Fsp3) is 0.154. The van der Waals surface area contributed by atoms with Gasteiger partial charge in [0.25, 0.3) is 5.91 Å². The summed E-state index contributed by atoms with van der Waals surface area (Å²) in [5.74, 6) is -0.237. The van der Waals surface area contributed by atoms with Gasteiger partial charge in [0.15, 0.2) is 11.5 Å². The molecule has 2 aromatic rings. The number of nitrogens with two attached hydrogens (primary N) is 2. The Balaban J connectivity index is 2.21. The van der Waals surface area contributed by atoms with Crippen molar-refractivity contribution in [3.8, 4) is 0 Å². The van der Waals surface area contributed by atoms with Crippen molar-refractivity contribution in [3.05, 3.63) is 47.9 Å². The number of carbonyl (C=O) groups is 1. The van der Waals surface area contributed by atoms with Crippen LogP contribution in [0, 0.1) is 0 Å². The standard InChI is InChI=1S/C13H15N5O/c1-8(9-2-4-10(14)5-3-9)18-13-11(12(15)19)16-6-7-17-13/h2-8H,14H2,1H3,(H2,15,19)(H,17,18). The second kappa shape index (κ2) is 5.34. The van der Waals surface area contributed by atoms with Gasteiger partial charge in [0.05, 0.1) is 6.04 Å². The van der Waals surface area contributed by atoms with Gasteiger partial charge >= 0.3 is 0 Å². The lowest BCUT2D eigenvalue weighted by atomic mass is 10.1. The average Bonchev–Trinajstić information content (AvgIpc) is 2.39. The van der Waals surface area contributed by atoms with Crippen LogP contribution >= 0.6 is 0 Å². The van der Waals surface area contributed by atoms with E-state index in [1.807, 2.05) is 31.2 Å². The van der Waals surface area contributed by atoms with E-state index in [9.17, 15) is 4.79 Å². The van der Waals surface area contributed by atoms with Gasteiger partial charge in [-0.3, -0.25) is 4.79 Å². The molecule has 19 heavy (non-hydrogen) atoms. The van der Waals surface area contributed by atoms with Gasteiger partial charge < -0.3 is 16.8 Å². The van der Waals surface area contributed by atoms with E-state index >= 15 is 0 Å². The summed E-state index contributed by atoms with van der Waals surface area (Å²) >= 11 is 0. The first-order valence-electron chi connectivity index (χ1n) is 5.80. The van der Waals surface area contributed by atoms with E-state index in [0.29, 0.717) is 11.5 Å². The minimum Gasteiger partial charge on any atom is -0.399 e. The molecule has 0 bridgehead atoms. The number of benzene rings is 1. The van der Waals surface area contributed by atoms with Crippen molar-refractivity contribution < 1.29 is 4.79 Å². The van der Waals surface area contributed by atoms with Gasteiger partial charge in [0, 0.05) is 18.1 Å². The molecule has 1 aromatic carbocycles. The van der Waals surface area contributed by atoms with E-state index in [2.05, 4.69) is 15.3 Å². The summed E-state index contributed by atoms with van der Waals surface area (Å²) in [6.07, 6.45) is 2.93. The Morgan fingerprint density at radius 2 is 1.84 bits per heavy atom. The van der Waals surface area contributed by atoms with Crippen molar-refractivity contribution in [2.45, 2.75) is 13.0 Å². The number of hydrogen-bond acceptors (Lipinski definition) is 5. The van der Waals surface area contributed by atoms with E-state index in [1.165, 1.54) is 12.4 Å². The molecule has 1 amide bonds. The lowest BCUT2D eigenvalue weighted by Gasteiger charge is -2.16. The van der Waals surface area contributed by atoms with E-state index in [1.54, 1.807) is 0 Å². The summed E-state index contributed by atoms with van der Waals surface area (Å²) in [7, 11) is 0. The summed E-state index contributed by atoms with van der Waals surface area (Å²) in [6, 6.07) is 7.41. The molecule has 0 fully saturated rings. The van der Waals surface area contributed by atoms with E-state index in [0.717, 1.165) is 5.56 Å². The van der Waals surface area contributed by atoms with Crippen LogP contribution in [0.5, 0.6) is 0 Å². The molecule has 6 heteroatoms. The maximum atomic E-state index is 11.2. The highest BCUT2D eigenvalue weighted by Gasteiger charge is 2.13. The third-order valence-electron chi connectivity index (χ3n) is 2.72. The highest BCUT2D eigenvalue weighted by atomic mass is 16.1. The molecule has 1 unspecified atom stereocenters. The van der Waals surface area contributed by atoms with Crippen LogP contribution in [0.15, 0.2) is 36.7 Å². The number of nitrogens with zero attached hydrogens (tertiary/aromatic N) is 2. The number of nitrogen functional groups attached to an aromatic ring is 1. The van der Waals surface area contributed by atoms with Crippen molar-refractivity contribution in [2.24, 2.45) is 5.73 Å². The molecule has 1 aromatic heterocycles. The van der Waals surface area contributed by atoms with Crippen LogP contribution in [0.25, 0.3) is 0 Å². The normalized spacial score (nSPS) is 11.8. The maximum Gasteiger partial charge on any atom is 0.271 e. The molecule has 2 rings (SSSR count). The van der Waals surface area contributed by atoms with Crippen molar-refractivity contribution in [2.75, 3.05) is 11.1 Å². The Labute approximate surface area is 110 Å². The molecule has 1 heterocycles. The molecule has 6 nitrogen and oxygen atoms in total. The molecule has 98 valence electrons. The molecule has 0 aliphatic heterocycles. The SMILES string of the molecule is CC(Nc1nccnc1C(N)=O)c1ccc(N)cc1. The van der Waals surface area contributed by atoms with Crippen LogP contribution in [0.3, 0.4) is 0 Å². The van der Waals surface area contributed by atoms with Gasteiger partial charge in [-0.15, -0.1) is 0 Å². The first-order valence-corrected chi connectivity index (χ1v) is 5.80. The third-order valence-corrected chi connectivity index (χ3v) is 2.72. The van der Waals surface area contributed by atoms with Crippen LogP contribution in [-0.2, 0) is 0 Å². The quantitative estimate of drug-likeness (QED) is 0.716.